The number of rotatable bonds is 0. The zero-order valence-electron chi connectivity index (χ0n) is 3.18. The fraction of sp³-hybridized carbons (Fsp3) is 0.500. The summed E-state index contributed by atoms with van der Waals surface area (Å²) in [6.45, 7) is 3.04. The molecule has 0 aliphatic carbocycles. The average molecular weight is 125 g/mol. The van der Waals surface area contributed by atoms with Gasteiger partial charge in [-0.05, 0) is 6.92 Å². The maximum absolute atomic E-state index is 8.50. The summed E-state index contributed by atoms with van der Waals surface area (Å²) in [5.74, 6) is 0. The van der Waals surface area contributed by atoms with Crippen molar-refractivity contribution in [2.75, 3.05) is 6.61 Å². The van der Waals surface area contributed by atoms with Crippen LogP contribution in [-0.4, -0.2) is 11.7 Å². The molecule has 1 N–H and O–H groups in total. The summed E-state index contributed by atoms with van der Waals surface area (Å²) >= 11 is -2.00. The zero-order valence-corrected chi connectivity index (χ0v) is 4.74. The Morgan fingerprint density at radius 2 is 1.67 bits per heavy atom. The molecule has 0 unspecified atom stereocenters. The van der Waals surface area contributed by atoms with Gasteiger partial charge in [0.1, 0.15) is 0 Å². The Bertz CT molecular complexity index is 38.1. The Labute approximate surface area is 44.9 Å². The van der Waals surface area contributed by atoms with Crippen LogP contribution in [0.5, 0.6) is 0 Å². The summed E-state index contributed by atoms with van der Waals surface area (Å²) in [6.07, 6.45) is 0. The molecule has 0 fully saturated rings. The van der Waals surface area contributed by atoms with Gasteiger partial charge in [-0.3, -0.25) is 0 Å². The second kappa shape index (κ2) is 18.6. The summed E-state index contributed by atoms with van der Waals surface area (Å²) in [7, 11) is 0. The molecule has 0 aromatic rings. The molecule has 0 bridgehead atoms. The first-order valence-electron chi connectivity index (χ1n) is 1.22. The SMILES string of the molecule is [CH2]CO.[O]=[Ti]=[O]. The molecule has 3 nitrogen and oxygen atoms in total. The molecule has 0 aromatic heterocycles. The summed E-state index contributed by atoms with van der Waals surface area (Å²) in [5.41, 5.74) is 0. The van der Waals surface area contributed by atoms with Crippen molar-refractivity contribution in [2.24, 2.45) is 0 Å². The van der Waals surface area contributed by atoms with Crippen LogP contribution in [0.15, 0.2) is 0 Å². The van der Waals surface area contributed by atoms with Crippen LogP contribution < -0.4 is 0 Å². The molecule has 0 heterocycles. The van der Waals surface area contributed by atoms with Gasteiger partial charge in [0.05, 0.1) is 0 Å². The predicted octanol–water partition coefficient (Wildman–Crippen LogP) is -0.427. The van der Waals surface area contributed by atoms with Crippen molar-refractivity contribution >= 4 is 0 Å². The monoisotopic (exact) mass is 125 g/mol. The van der Waals surface area contributed by atoms with E-state index in [1.54, 1.807) is 0 Å². The minimum atomic E-state index is -2.00. The van der Waals surface area contributed by atoms with Crippen LogP contribution in [0, 0.1) is 6.92 Å². The first-order valence-corrected chi connectivity index (χ1v) is 2.50. The predicted molar refractivity (Wildman–Crippen MR) is 13.8 cm³/mol. The summed E-state index contributed by atoms with van der Waals surface area (Å²) in [4.78, 5) is 0. The van der Waals surface area contributed by atoms with E-state index < -0.39 is 19.1 Å². The molecule has 0 aromatic carbocycles. The molecule has 0 rings (SSSR count). The Balaban J connectivity index is 0. The molecule has 0 aliphatic heterocycles. The Morgan fingerprint density at radius 3 is 1.67 bits per heavy atom. The molecule has 0 saturated carbocycles. The molecule has 6 heavy (non-hydrogen) atoms. The van der Waals surface area contributed by atoms with Gasteiger partial charge in [0.15, 0.2) is 0 Å². The van der Waals surface area contributed by atoms with E-state index in [-0.39, 0.29) is 6.61 Å². The van der Waals surface area contributed by atoms with Crippen LogP contribution in [0.4, 0.5) is 0 Å². The van der Waals surface area contributed by atoms with Gasteiger partial charge in [-0.1, -0.05) is 0 Å². The topological polar surface area (TPSA) is 54.4 Å². The van der Waals surface area contributed by atoms with E-state index in [1.807, 2.05) is 0 Å². The van der Waals surface area contributed by atoms with Crippen LogP contribution in [0.25, 0.3) is 0 Å². The van der Waals surface area contributed by atoms with Gasteiger partial charge in [-0.2, -0.15) is 0 Å². The molecule has 4 heteroatoms. The number of aliphatic hydroxyl groups is 1. The molecular formula is C2H5O3Ti. The van der Waals surface area contributed by atoms with E-state index in [0.29, 0.717) is 0 Å². The van der Waals surface area contributed by atoms with Crippen LogP contribution >= 0.6 is 0 Å². The van der Waals surface area contributed by atoms with Gasteiger partial charge in [-0.25, -0.2) is 0 Å². The van der Waals surface area contributed by atoms with Crippen molar-refractivity contribution in [3.05, 3.63) is 6.92 Å². The third kappa shape index (κ3) is 609. The van der Waals surface area contributed by atoms with Crippen LogP contribution in [0.2, 0.25) is 0 Å². The molecule has 0 spiro atoms. The third-order valence-electron chi connectivity index (χ3n) is 0. The second-order valence-corrected chi connectivity index (χ2v) is 0.567. The van der Waals surface area contributed by atoms with Gasteiger partial charge >= 0.3 is 25.7 Å². The summed E-state index contributed by atoms with van der Waals surface area (Å²) in [5, 5.41) is 7.46. The van der Waals surface area contributed by atoms with Crippen molar-refractivity contribution in [1.29, 1.82) is 0 Å². The van der Waals surface area contributed by atoms with E-state index in [1.165, 1.54) is 0 Å². The van der Waals surface area contributed by atoms with Crippen molar-refractivity contribution < 1.29 is 30.8 Å². The first-order chi connectivity index (χ1) is 2.83. The van der Waals surface area contributed by atoms with Crippen LogP contribution in [-0.2, 0) is 25.7 Å². The van der Waals surface area contributed by atoms with E-state index in [9.17, 15) is 0 Å². The molecule has 0 aliphatic rings. The molecule has 35 valence electrons. The number of hydrogen-bond acceptors (Lipinski definition) is 3. The summed E-state index contributed by atoms with van der Waals surface area (Å²) < 4.78 is 17.0. The average Bonchev–Trinajstić information content (AvgIpc) is 1.39. The number of aliphatic hydroxyl groups excluding tert-OH is 1. The van der Waals surface area contributed by atoms with Gasteiger partial charge in [0.2, 0.25) is 0 Å². The van der Waals surface area contributed by atoms with Crippen LogP contribution in [0.3, 0.4) is 0 Å². The molecule has 0 atom stereocenters. The third-order valence-corrected chi connectivity index (χ3v) is 0. The zero-order chi connectivity index (χ0) is 5.41. The molecule has 0 saturated heterocycles. The first kappa shape index (κ1) is 9.55. The fourth-order valence-electron chi connectivity index (χ4n) is 0. The normalized spacial score (nSPS) is 4.33. The summed E-state index contributed by atoms with van der Waals surface area (Å²) in [6, 6.07) is 0. The molecular weight excluding hydrogens is 120 g/mol. The molecule has 1 radical (unpaired) electrons. The standard InChI is InChI=1S/C2H5O.2O.Ti/c1-2-3;;;/h3H,1-2H2;;;. The Morgan fingerprint density at radius 1 is 1.67 bits per heavy atom. The van der Waals surface area contributed by atoms with E-state index in [4.69, 9.17) is 11.8 Å². The van der Waals surface area contributed by atoms with E-state index in [2.05, 4.69) is 6.92 Å². The maximum atomic E-state index is 8.50. The Hall–Kier alpha value is 0.274. The van der Waals surface area contributed by atoms with Crippen molar-refractivity contribution in [1.82, 2.24) is 0 Å². The van der Waals surface area contributed by atoms with E-state index in [0.717, 1.165) is 0 Å². The Kier molecular flexibility index (Phi) is 29.7. The van der Waals surface area contributed by atoms with Gasteiger partial charge in [0, 0.05) is 6.61 Å². The van der Waals surface area contributed by atoms with Gasteiger partial charge < -0.3 is 5.11 Å². The van der Waals surface area contributed by atoms with Gasteiger partial charge in [-0.15, -0.1) is 0 Å². The number of hydrogen-bond donors (Lipinski definition) is 1. The second-order valence-electron chi connectivity index (χ2n) is 0.307. The fourth-order valence-corrected chi connectivity index (χ4v) is 0. The van der Waals surface area contributed by atoms with E-state index >= 15 is 0 Å². The molecule has 0 amide bonds. The van der Waals surface area contributed by atoms with Crippen molar-refractivity contribution in [2.45, 2.75) is 0 Å². The minimum absolute atomic E-state index is 0. The van der Waals surface area contributed by atoms with Crippen LogP contribution in [0.1, 0.15) is 0 Å². The van der Waals surface area contributed by atoms with Gasteiger partial charge in [0.25, 0.3) is 0 Å². The quantitative estimate of drug-likeness (QED) is 0.447. The van der Waals surface area contributed by atoms with Crippen molar-refractivity contribution in [3.8, 4) is 0 Å². The van der Waals surface area contributed by atoms with Crippen molar-refractivity contribution in [3.63, 3.8) is 0 Å².